The van der Waals surface area contributed by atoms with Crippen molar-refractivity contribution >= 4 is 33.4 Å². The summed E-state index contributed by atoms with van der Waals surface area (Å²) < 4.78 is 38.7. The molecule has 1 N–H and O–H groups in total. The fourth-order valence-corrected chi connectivity index (χ4v) is 3.20. The highest BCUT2D eigenvalue weighted by Gasteiger charge is 2.30. The fourth-order valence-electron chi connectivity index (χ4n) is 2.83. The lowest BCUT2D eigenvalue weighted by atomic mass is 10.1. The number of hydrogen-bond acceptors (Lipinski definition) is 3. The number of amides is 2. The van der Waals surface area contributed by atoms with Crippen LogP contribution in [0.5, 0.6) is 0 Å². The molecule has 31 heavy (non-hydrogen) atoms. The van der Waals surface area contributed by atoms with E-state index < -0.39 is 17.6 Å². The second-order valence-electron chi connectivity index (χ2n) is 6.52. The van der Waals surface area contributed by atoms with Crippen molar-refractivity contribution < 1.29 is 22.8 Å². The first-order chi connectivity index (χ1) is 14.8. The summed E-state index contributed by atoms with van der Waals surface area (Å²) in [4.78, 5) is 30.8. The molecule has 0 aliphatic carbocycles. The number of anilines is 1. The summed E-state index contributed by atoms with van der Waals surface area (Å²) in [7, 11) is 0. The van der Waals surface area contributed by atoms with E-state index in [4.69, 9.17) is 0 Å². The van der Waals surface area contributed by atoms with Crippen LogP contribution in [-0.4, -0.2) is 29.9 Å². The molecular formula is C22H17BrF3N3O2. The average Bonchev–Trinajstić information content (AvgIpc) is 2.76. The van der Waals surface area contributed by atoms with Crippen molar-refractivity contribution in [3.8, 4) is 0 Å². The molecule has 160 valence electrons. The monoisotopic (exact) mass is 491 g/mol. The highest BCUT2D eigenvalue weighted by molar-refractivity contribution is 9.10. The maximum absolute atomic E-state index is 13.0. The zero-order valence-electron chi connectivity index (χ0n) is 16.1. The van der Waals surface area contributed by atoms with Crippen LogP contribution < -0.4 is 10.2 Å². The summed E-state index contributed by atoms with van der Waals surface area (Å²) >= 11 is 3.29. The van der Waals surface area contributed by atoms with Gasteiger partial charge in [0.25, 0.3) is 11.8 Å². The third kappa shape index (κ3) is 5.91. The Morgan fingerprint density at radius 2 is 1.65 bits per heavy atom. The number of pyridine rings is 1. The van der Waals surface area contributed by atoms with E-state index >= 15 is 0 Å². The molecule has 0 saturated heterocycles. The van der Waals surface area contributed by atoms with Crippen LogP contribution in [0.1, 0.15) is 26.3 Å². The lowest BCUT2D eigenvalue weighted by molar-refractivity contribution is -0.137. The van der Waals surface area contributed by atoms with Gasteiger partial charge in [-0.15, -0.1) is 0 Å². The molecule has 0 aliphatic rings. The molecule has 5 nitrogen and oxygen atoms in total. The number of benzene rings is 2. The lowest BCUT2D eigenvalue weighted by Gasteiger charge is -2.23. The average molecular weight is 492 g/mol. The summed E-state index contributed by atoms with van der Waals surface area (Å²) in [6.45, 7) is 0.254. The largest absolute Gasteiger partial charge is 0.416 e. The smallest absolute Gasteiger partial charge is 0.350 e. The van der Waals surface area contributed by atoms with Crippen LogP contribution >= 0.6 is 15.9 Å². The molecule has 0 radical (unpaired) electrons. The Labute approximate surface area is 185 Å². The first-order valence-corrected chi connectivity index (χ1v) is 9.98. The Hall–Kier alpha value is -3.20. The summed E-state index contributed by atoms with van der Waals surface area (Å²) in [5, 5.41) is 2.64. The molecule has 0 bridgehead atoms. The van der Waals surface area contributed by atoms with E-state index in [2.05, 4.69) is 26.2 Å². The minimum atomic E-state index is -4.47. The molecule has 0 unspecified atom stereocenters. The molecule has 0 fully saturated rings. The fraction of sp³-hybridized carbons (Fsp3) is 0.136. The summed E-state index contributed by atoms with van der Waals surface area (Å²) in [6.07, 6.45) is -1.45. The molecular weight excluding hydrogens is 475 g/mol. The van der Waals surface area contributed by atoms with E-state index in [1.54, 1.807) is 36.5 Å². The number of halogens is 4. The molecule has 3 aromatic rings. The van der Waals surface area contributed by atoms with Crippen LogP contribution in [0.2, 0.25) is 0 Å². The van der Waals surface area contributed by atoms with Gasteiger partial charge in [-0.05, 0) is 58.4 Å². The molecule has 1 aromatic heterocycles. The van der Waals surface area contributed by atoms with Gasteiger partial charge in [0, 0.05) is 41.2 Å². The number of nitrogens with one attached hydrogen (secondary N) is 1. The Morgan fingerprint density at radius 1 is 0.968 bits per heavy atom. The Bertz CT molecular complexity index is 1060. The third-order valence-electron chi connectivity index (χ3n) is 4.36. The molecule has 0 saturated carbocycles. The first kappa shape index (κ1) is 22.5. The second kappa shape index (κ2) is 9.74. The number of carbonyl (C=O) groups excluding carboxylic acids is 2. The van der Waals surface area contributed by atoms with Crippen LogP contribution in [0.15, 0.2) is 77.5 Å². The number of alkyl halides is 3. The van der Waals surface area contributed by atoms with Crippen molar-refractivity contribution in [2.24, 2.45) is 0 Å². The molecule has 2 aromatic carbocycles. The summed E-state index contributed by atoms with van der Waals surface area (Å²) in [6, 6.07) is 14.5. The number of aromatic nitrogens is 1. The van der Waals surface area contributed by atoms with E-state index in [0.29, 0.717) is 15.7 Å². The standard InChI is InChI=1S/C22H17BrF3N3O2/c23-18-12-16(13-27-14-18)21(31)29(19-4-2-1-3-5-19)11-10-28-20(30)15-6-8-17(9-7-15)22(24,25)26/h1-9,12-14H,10-11H2,(H,28,30). The second-order valence-corrected chi connectivity index (χ2v) is 7.43. The minimum absolute atomic E-state index is 0.0989. The Balaban J connectivity index is 1.69. The topological polar surface area (TPSA) is 62.3 Å². The van der Waals surface area contributed by atoms with Gasteiger partial charge in [0.15, 0.2) is 0 Å². The van der Waals surface area contributed by atoms with E-state index in [-0.39, 0.29) is 24.6 Å². The van der Waals surface area contributed by atoms with Crippen LogP contribution in [0.25, 0.3) is 0 Å². The molecule has 9 heteroatoms. The zero-order valence-corrected chi connectivity index (χ0v) is 17.7. The molecule has 1 heterocycles. The normalized spacial score (nSPS) is 11.1. The predicted octanol–water partition coefficient (Wildman–Crippen LogP) is 4.94. The highest BCUT2D eigenvalue weighted by atomic mass is 79.9. The minimum Gasteiger partial charge on any atom is -0.350 e. The van der Waals surface area contributed by atoms with Crippen LogP contribution in [0, 0.1) is 0 Å². The van der Waals surface area contributed by atoms with Gasteiger partial charge < -0.3 is 10.2 Å². The summed E-state index contributed by atoms with van der Waals surface area (Å²) in [5.74, 6) is -0.831. The van der Waals surface area contributed by atoms with Crippen molar-refractivity contribution in [1.82, 2.24) is 10.3 Å². The maximum atomic E-state index is 13.0. The van der Waals surface area contributed by atoms with Crippen molar-refractivity contribution in [3.63, 3.8) is 0 Å². The SMILES string of the molecule is O=C(NCCN(C(=O)c1cncc(Br)c1)c1ccccc1)c1ccc(C(F)(F)F)cc1. The third-order valence-corrected chi connectivity index (χ3v) is 4.79. The zero-order chi connectivity index (χ0) is 22.4. The molecule has 0 spiro atoms. The van der Waals surface area contributed by atoms with Gasteiger partial charge in [0.05, 0.1) is 11.1 Å². The van der Waals surface area contributed by atoms with Gasteiger partial charge in [0.1, 0.15) is 0 Å². The Kier molecular flexibility index (Phi) is 7.06. The molecule has 2 amide bonds. The van der Waals surface area contributed by atoms with Crippen molar-refractivity contribution in [2.45, 2.75) is 6.18 Å². The number of para-hydroxylation sites is 1. The van der Waals surface area contributed by atoms with Gasteiger partial charge in [-0.2, -0.15) is 13.2 Å². The number of carbonyl (C=O) groups is 2. The van der Waals surface area contributed by atoms with Gasteiger partial charge in [-0.25, -0.2) is 0 Å². The number of hydrogen-bond donors (Lipinski definition) is 1. The molecule has 0 aliphatic heterocycles. The van der Waals surface area contributed by atoms with Crippen LogP contribution in [0.3, 0.4) is 0 Å². The van der Waals surface area contributed by atoms with E-state index in [9.17, 15) is 22.8 Å². The van der Waals surface area contributed by atoms with Crippen molar-refractivity contribution in [3.05, 3.63) is 94.2 Å². The van der Waals surface area contributed by atoms with Crippen molar-refractivity contribution in [2.75, 3.05) is 18.0 Å². The van der Waals surface area contributed by atoms with Crippen LogP contribution in [-0.2, 0) is 6.18 Å². The van der Waals surface area contributed by atoms with E-state index in [1.165, 1.54) is 11.1 Å². The van der Waals surface area contributed by atoms with Gasteiger partial charge in [0.2, 0.25) is 0 Å². The van der Waals surface area contributed by atoms with Crippen LogP contribution in [0.4, 0.5) is 18.9 Å². The van der Waals surface area contributed by atoms with Gasteiger partial charge >= 0.3 is 6.18 Å². The molecule has 3 rings (SSSR count). The maximum Gasteiger partial charge on any atom is 0.416 e. The first-order valence-electron chi connectivity index (χ1n) is 9.18. The molecule has 0 atom stereocenters. The Morgan fingerprint density at radius 3 is 2.26 bits per heavy atom. The number of rotatable bonds is 6. The van der Waals surface area contributed by atoms with Crippen molar-refractivity contribution in [1.29, 1.82) is 0 Å². The quantitative estimate of drug-likeness (QED) is 0.531. The highest BCUT2D eigenvalue weighted by Crippen LogP contribution is 2.29. The lowest BCUT2D eigenvalue weighted by Crippen LogP contribution is -2.38. The number of nitrogens with zero attached hydrogens (tertiary/aromatic N) is 2. The van der Waals surface area contributed by atoms with Gasteiger partial charge in [-0.1, -0.05) is 18.2 Å². The summed E-state index contributed by atoms with van der Waals surface area (Å²) in [5.41, 5.74) is 0.276. The predicted molar refractivity (Wildman–Crippen MR) is 114 cm³/mol. The van der Waals surface area contributed by atoms with Gasteiger partial charge in [-0.3, -0.25) is 14.6 Å². The van der Waals surface area contributed by atoms with E-state index in [1.807, 2.05) is 6.07 Å². The van der Waals surface area contributed by atoms with E-state index in [0.717, 1.165) is 24.3 Å².